The van der Waals surface area contributed by atoms with Crippen LogP contribution >= 0.6 is 0 Å². The number of nitrogens with one attached hydrogen (secondary N) is 1. The van der Waals surface area contributed by atoms with Crippen LogP contribution in [0.3, 0.4) is 0 Å². The highest BCUT2D eigenvalue weighted by atomic mass is 16.7. The first-order chi connectivity index (χ1) is 11.5. The fourth-order valence-electron chi connectivity index (χ4n) is 2.49. The minimum Gasteiger partial charge on any atom is -0.461 e. The number of hydrogen-bond acceptors (Lipinski definition) is 4. The molecule has 0 saturated heterocycles. The van der Waals surface area contributed by atoms with E-state index in [2.05, 4.69) is 22.1 Å². The molecule has 0 aliphatic heterocycles. The van der Waals surface area contributed by atoms with Gasteiger partial charge < -0.3 is 14.8 Å². The number of pyridine rings is 1. The standard InChI is InChI=1S/C19H22N2O3/c1-5-11-19(4,21-14(3)22)18(23-6-2)24-16-9-10-17-15(13-16)8-7-12-20-17/h7-10,12-13,18H,6H2,1-4H3,(H,21,22). The summed E-state index contributed by atoms with van der Waals surface area (Å²) in [6, 6.07) is 9.44. The summed E-state index contributed by atoms with van der Waals surface area (Å²) in [5.41, 5.74) is -0.0729. The quantitative estimate of drug-likeness (QED) is 0.655. The number of amides is 1. The second kappa shape index (κ2) is 7.80. The smallest absolute Gasteiger partial charge is 0.234 e. The predicted molar refractivity (Wildman–Crippen MR) is 93.5 cm³/mol. The molecule has 2 atom stereocenters. The van der Waals surface area contributed by atoms with Crippen LogP contribution in [0, 0.1) is 11.8 Å². The van der Waals surface area contributed by atoms with Gasteiger partial charge in [0.25, 0.3) is 0 Å². The van der Waals surface area contributed by atoms with Crippen molar-refractivity contribution in [1.29, 1.82) is 0 Å². The van der Waals surface area contributed by atoms with Crippen LogP contribution in [0.15, 0.2) is 36.5 Å². The second-order valence-corrected chi connectivity index (χ2v) is 5.52. The molecule has 0 aliphatic carbocycles. The monoisotopic (exact) mass is 326 g/mol. The minimum absolute atomic E-state index is 0.198. The van der Waals surface area contributed by atoms with Crippen molar-refractivity contribution in [2.24, 2.45) is 0 Å². The van der Waals surface area contributed by atoms with E-state index in [9.17, 15) is 4.79 Å². The summed E-state index contributed by atoms with van der Waals surface area (Å²) >= 11 is 0. The number of carbonyl (C=O) groups is 1. The number of ether oxygens (including phenoxy) is 2. The van der Waals surface area contributed by atoms with Crippen molar-refractivity contribution in [2.75, 3.05) is 6.61 Å². The van der Waals surface area contributed by atoms with Crippen molar-refractivity contribution in [3.05, 3.63) is 36.5 Å². The van der Waals surface area contributed by atoms with E-state index in [0.29, 0.717) is 12.4 Å². The first kappa shape index (κ1) is 17.8. The summed E-state index contributed by atoms with van der Waals surface area (Å²) in [5.74, 6) is 6.25. The first-order valence-electron chi connectivity index (χ1n) is 7.84. The molecule has 0 aliphatic rings. The third kappa shape index (κ3) is 4.24. The highest BCUT2D eigenvalue weighted by Crippen LogP contribution is 2.23. The Balaban J connectivity index is 2.33. The van der Waals surface area contributed by atoms with Gasteiger partial charge in [-0.15, -0.1) is 5.92 Å². The van der Waals surface area contributed by atoms with Crippen molar-refractivity contribution < 1.29 is 14.3 Å². The molecule has 0 saturated carbocycles. The van der Waals surface area contributed by atoms with Crippen molar-refractivity contribution in [3.8, 4) is 17.6 Å². The molecule has 2 unspecified atom stereocenters. The Bertz CT molecular complexity index is 779. The maximum absolute atomic E-state index is 11.6. The zero-order valence-corrected chi connectivity index (χ0v) is 14.4. The Kier molecular flexibility index (Phi) is 5.78. The van der Waals surface area contributed by atoms with Crippen LogP contribution in [0.5, 0.6) is 5.75 Å². The fraction of sp³-hybridized carbons (Fsp3) is 0.368. The molecule has 2 aromatic rings. The third-order valence-electron chi connectivity index (χ3n) is 3.43. The van der Waals surface area contributed by atoms with Crippen LogP contribution in [0.1, 0.15) is 27.7 Å². The molecule has 24 heavy (non-hydrogen) atoms. The lowest BCUT2D eigenvalue weighted by molar-refractivity contribution is -0.133. The summed E-state index contributed by atoms with van der Waals surface area (Å²) in [4.78, 5) is 15.9. The van der Waals surface area contributed by atoms with Crippen LogP contribution in [0.2, 0.25) is 0 Å². The van der Waals surface area contributed by atoms with Gasteiger partial charge in [-0.05, 0) is 45.0 Å². The number of fused-ring (bicyclic) bond motifs is 1. The average Bonchev–Trinajstić information content (AvgIpc) is 2.54. The Hall–Kier alpha value is -2.58. The molecular weight excluding hydrogens is 304 g/mol. The zero-order chi connectivity index (χ0) is 17.6. The Morgan fingerprint density at radius 1 is 1.42 bits per heavy atom. The first-order valence-corrected chi connectivity index (χ1v) is 7.84. The molecule has 1 aromatic heterocycles. The third-order valence-corrected chi connectivity index (χ3v) is 3.43. The summed E-state index contributed by atoms with van der Waals surface area (Å²) in [6.45, 7) is 7.24. The molecule has 2 rings (SSSR count). The maximum atomic E-state index is 11.6. The Labute approximate surface area is 142 Å². The van der Waals surface area contributed by atoms with Gasteiger partial charge in [0.1, 0.15) is 5.75 Å². The molecule has 1 heterocycles. The van der Waals surface area contributed by atoms with Crippen LogP contribution in [0.4, 0.5) is 0 Å². The van der Waals surface area contributed by atoms with E-state index in [0.717, 1.165) is 10.9 Å². The highest BCUT2D eigenvalue weighted by Gasteiger charge is 2.36. The summed E-state index contributed by atoms with van der Waals surface area (Å²) in [5, 5.41) is 3.79. The van der Waals surface area contributed by atoms with Gasteiger partial charge in [-0.3, -0.25) is 9.78 Å². The van der Waals surface area contributed by atoms with Crippen molar-refractivity contribution in [2.45, 2.75) is 39.5 Å². The lowest BCUT2D eigenvalue weighted by Gasteiger charge is -2.33. The van der Waals surface area contributed by atoms with E-state index in [1.807, 2.05) is 37.3 Å². The van der Waals surface area contributed by atoms with Crippen LogP contribution < -0.4 is 10.1 Å². The Morgan fingerprint density at radius 3 is 2.88 bits per heavy atom. The number of rotatable bonds is 6. The van der Waals surface area contributed by atoms with Crippen molar-refractivity contribution >= 4 is 16.8 Å². The van der Waals surface area contributed by atoms with Crippen LogP contribution in [-0.4, -0.2) is 29.3 Å². The van der Waals surface area contributed by atoms with Gasteiger partial charge in [0.05, 0.1) is 5.52 Å². The lowest BCUT2D eigenvalue weighted by Crippen LogP contribution is -2.56. The molecule has 1 amide bonds. The van der Waals surface area contributed by atoms with E-state index in [4.69, 9.17) is 9.47 Å². The number of carbonyl (C=O) groups excluding carboxylic acids is 1. The molecule has 0 fully saturated rings. The van der Waals surface area contributed by atoms with E-state index in [1.54, 1.807) is 20.0 Å². The van der Waals surface area contributed by atoms with Gasteiger partial charge in [0, 0.05) is 25.1 Å². The van der Waals surface area contributed by atoms with Gasteiger partial charge in [0.2, 0.25) is 12.2 Å². The second-order valence-electron chi connectivity index (χ2n) is 5.52. The van der Waals surface area contributed by atoms with Crippen molar-refractivity contribution in [1.82, 2.24) is 10.3 Å². The zero-order valence-electron chi connectivity index (χ0n) is 14.4. The molecule has 0 spiro atoms. The fourth-order valence-corrected chi connectivity index (χ4v) is 2.49. The van der Waals surface area contributed by atoms with E-state index in [-0.39, 0.29) is 5.91 Å². The normalized spacial score (nSPS) is 14.2. The molecular formula is C19H22N2O3. The predicted octanol–water partition coefficient (Wildman–Crippen LogP) is 2.89. The number of benzene rings is 1. The van der Waals surface area contributed by atoms with Crippen molar-refractivity contribution in [3.63, 3.8) is 0 Å². The number of hydrogen-bond donors (Lipinski definition) is 1. The number of nitrogens with zero attached hydrogens (tertiary/aromatic N) is 1. The summed E-state index contributed by atoms with van der Waals surface area (Å²) in [7, 11) is 0. The SMILES string of the molecule is CC#CC(C)(NC(C)=O)C(OCC)Oc1ccc2ncccc2c1. The lowest BCUT2D eigenvalue weighted by atomic mass is 10.0. The summed E-state index contributed by atoms with van der Waals surface area (Å²) in [6.07, 6.45) is 1.00. The van der Waals surface area contributed by atoms with Crippen LogP contribution in [-0.2, 0) is 9.53 Å². The van der Waals surface area contributed by atoms with E-state index < -0.39 is 11.8 Å². The minimum atomic E-state index is -0.958. The largest absolute Gasteiger partial charge is 0.461 e. The average molecular weight is 326 g/mol. The topological polar surface area (TPSA) is 60.5 Å². The maximum Gasteiger partial charge on any atom is 0.234 e. The molecule has 5 nitrogen and oxygen atoms in total. The Morgan fingerprint density at radius 2 is 2.21 bits per heavy atom. The van der Waals surface area contributed by atoms with Gasteiger partial charge in [-0.2, -0.15) is 0 Å². The molecule has 1 N–H and O–H groups in total. The highest BCUT2D eigenvalue weighted by molar-refractivity contribution is 5.79. The molecule has 5 heteroatoms. The summed E-state index contributed by atoms with van der Waals surface area (Å²) < 4.78 is 11.7. The van der Waals surface area contributed by atoms with Gasteiger partial charge in [0.15, 0.2) is 5.54 Å². The molecule has 0 radical (unpaired) electrons. The van der Waals surface area contributed by atoms with Gasteiger partial charge in [-0.25, -0.2) is 0 Å². The van der Waals surface area contributed by atoms with E-state index in [1.165, 1.54) is 6.92 Å². The van der Waals surface area contributed by atoms with Gasteiger partial charge >= 0.3 is 0 Å². The van der Waals surface area contributed by atoms with Gasteiger partial charge in [-0.1, -0.05) is 12.0 Å². The molecule has 1 aromatic carbocycles. The van der Waals surface area contributed by atoms with E-state index >= 15 is 0 Å². The van der Waals surface area contributed by atoms with Crippen LogP contribution in [0.25, 0.3) is 10.9 Å². The molecule has 126 valence electrons. The number of aromatic nitrogens is 1. The molecule has 0 bridgehead atoms.